The van der Waals surface area contributed by atoms with Gasteiger partial charge < -0.3 is 11.1 Å². The summed E-state index contributed by atoms with van der Waals surface area (Å²) in [6.07, 6.45) is -4.40. The highest BCUT2D eigenvalue weighted by Crippen LogP contribution is 2.39. The van der Waals surface area contributed by atoms with Gasteiger partial charge in [-0.2, -0.15) is 18.2 Å². The number of anilines is 3. The van der Waals surface area contributed by atoms with Gasteiger partial charge in [-0.3, -0.25) is 0 Å². The summed E-state index contributed by atoms with van der Waals surface area (Å²) >= 11 is 12.5. The van der Waals surface area contributed by atoms with Crippen molar-refractivity contribution in [3.8, 4) is 11.1 Å². The van der Waals surface area contributed by atoms with Crippen LogP contribution in [0, 0.1) is 0 Å². The van der Waals surface area contributed by atoms with Crippen molar-refractivity contribution in [2.75, 3.05) is 11.1 Å². The molecule has 5 nitrogen and oxygen atoms in total. The van der Waals surface area contributed by atoms with Gasteiger partial charge in [0.2, 0.25) is 11.9 Å². The van der Waals surface area contributed by atoms with Crippen molar-refractivity contribution in [1.29, 1.82) is 0 Å². The molecule has 0 saturated carbocycles. The molecule has 0 saturated heterocycles. The molecule has 0 radical (unpaired) electrons. The van der Waals surface area contributed by atoms with E-state index in [1.165, 1.54) is 12.1 Å². The summed E-state index contributed by atoms with van der Waals surface area (Å²) < 4.78 is 38.0. The molecule has 1 heterocycles. The average molecular weight is 388 g/mol. The van der Waals surface area contributed by atoms with E-state index in [-0.39, 0.29) is 21.9 Å². The molecule has 25 heavy (non-hydrogen) atoms. The maximum Gasteiger partial charge on any atom is 0.416 e. The van der Waals surface area contributed by atoms with Gasteiger partial charge in [0.1, 0.15) is 0 Å². The number of aromatic nitrogens is 3. The topological polar surface area (TPSA) is 79.6 Å². The van der Waals surface area contributed by atoms with Crippen LogP contribution in [0.25, 0.3) is 11.1 Å². The van der Waals surface area contributed by atoms with Crippen molar-refractivity contribution in [1.82, 2.24) is 15.2 Å². The molecular formula is C15H10Cl2F3N5. The monoisotopic (exact) mass is 387 g/mol. The van der Waals surface area contributed by atoms with Gasteiger partial charge in [-0.05, 0) is 29.8 Å². The Morgan fingerprint density at radius 2 is 1.64 bits per heavy atom. The third-order valence-corrected chi connectivity index (χ3v) is 3.90. The van der Waals surface area contributed by atoms with Gasteiger partial charge in [-0.1, -0.05) is 35.3 Å². The summed E-state index contributed by atoms with van der Waals surface area (Å²) in [5.74, 6) is 0.369. The summed E-state index contributed by atoms with van der Waals surface area (Å²) in [4.78, 5) is 3.89. The number of H-pyrrole nitrogens is 1. The van der Waals surface area contributed by atoms with E-state index in [4.69, 9.17) is 28.9 Å². The quantitative estimate of drug-likeness (QED) is 0.582. The molecule has 0 fully saturated rings. The Kier molecular flexibility index (Phi) is 4.49. The summed E-state index contributed by atoms with van der Waals surface area (Å²) in [6, 6.07) is 7.72. The summed E-state index contributed by atoms with van der Waals surface area (Å²) in [5, 5.41) is 9.68. The molecule has 0 bridgehead atoms. The van der Waals surface area contributed by atoms with E-state index in [9.17, 15) is 13.2 Å². The highest BCUT2D eigenvalue weighted by molar-refractivity contribution is 6.39. The molecule has 130 valence electrons. The second-order valence-corrected chi connectivity index (χ2v) is 5.87. The van der Waals surface area contributed by atoms with Gasteiger partial charge in [-0.25, -0.2) is 5.10 Å². The van der Waals surface area contributed by atoms with E-state index in [1.807, 2.05) is 0 Å². The third kappa shape index (κ3) is 3.80. The number of rotatable bonds is 3. The molecule has 0 aliphatic heterocycles. The maximum atomic E-state index is 12.7. The Morgan fingerprint density at radius 3 is 2.12 bits per heavy atom. The third-order valence-electron chi connectivity index (χ3n) is 3.30. The van der Waals surface area contributed by atoms with Crippen LogP contribution in [0.15, 0.2) is 36.4 Å². The van der Waals surface area contributed by atoms with Gasteiger partial charge in [0.15, 0.2) is 0 Å². The molecule has 0 unspecified atom stereocenters. The molecule has 3 aromatic rings. The minimum atomic E-state index is -4.40. The number of hydrogen-bond donors (Lipinski definition) is 3. The van der Waals surface area contributed by atoms with Crippen LogP contribution in [0.3, 0.4) is 0 Å². The normalized spacial score (nSPS) is 11.6. The largest absolute Gasteiger partial charge is 0.416 e. The van der Waals surface area contributed by atoms with Crippen molar-refractivity contribution >= 4 is 40.8 Å². The van der Waals surface area contributed by atoms with E-state index in [0.717, 1.165) is 12.1 Å². The standard InChI is InChI=1S/C15H10Cl2F3N5/c16-10-5-9(22-14-23-13(21)24-25-14)6-11(17)12(10)7-1-3-8(4-2-7)15(18,19)20/h1-6H,(H4,21,22,23,24,25). The van der Waals surface area contributed by atoms with Crippen molar-refractivity contribution in [3.63, 3.8) is 0 Å². The summed E-state index contributed by atoms with van der Waals surface area (Å²) in [5.41, 5.74) is 6.09. The molecule has 0 aliphatic carbocycles. The molecule has 3 rings (SSSR count). The predicted octanol–water partition coefficient (Wildman–Crippen LogP) is 5.12. The minimum Gasteiger partial charge on any atom is -0.368 e. The number of aromatic amines is 1. The summed E-state index contributed by atoms with van der Waals surface area (Å²) in [6.45, 7) is 0. The average Bonchev–Trinajstić information content (AvgIpc) is 2.91. The van der Waals surface area contributed by atoms with Crippen LogP contribution in [0.1, 0.15) is 5.56 Å². The van der Waals surface area contributed by atoms with E-state index < -0.39 is 11.7 Å². The van der Waals surface area contributed by atoms with Gasteiger partial charge in [0.05, 0.1) is 15.6 Å². The van der Waals surface area contributed by atoms with Crippen LogP contribution in [-0.4, -0.2) is 15.2 Å². The first-order chi connectivity index (χ1) is 11.7. The van der Waals surface area contributed by atoms with Crippen molar-refractivity contribution in [3.05, 3.63) is 52.0 Å². The molecule has 10 heteroatoms. The Bertz CT molecular complexity index is 883. The lowest BCUT2D eigenvalue weighted by Gasteiger charge is -2.12. The highest BCUT2D eigenvalue weighted by Gasteiger charge is 2.30. The number of nitrogen functional groups attached to an aromatic ring is 1. The fourth-order valence-electron chi connectivity index (χ4n) is 2.21. The Labute approximate surface area is 150 Å². The Morgan fingerprint density at radius 1 is 1.04 bits per heavy atom. The van der Waals surface area contributed by atoms with Crippen LogP contribution in [-0.2, 0) is 6.18 Å². The number of nitrogens with one attached hydrogen (secondary N) is 2. The second-order valence-electron chi connectivity index (χ2n) is 5.06. The van der Waals surface area contributed by atoms with Crippen LogP contribution >= 0.6 is 23.2 Å². The molecule has 0 amide bonds. The zero-order valence-electron chi connectivity index (χ0n) is 12.3. The fraction of sp³-hybridized carbons (Fsp3) is 0.0667. The smallest absolute Gasteiger partial charge is 0.368 e. The molecule has 0 spiro atoms. The van der Waals surface area contributed by atoms with Gasteiger partial charge in [-0.15, -0.1) is 5.10 Å². The zero-order valence-corrected chi connectivity index (χ0v) is 13.8. The molecule has 4 N–H and O–H groups in total. The van der Waals surface area contributed by atoms with E-state index >= 15 is 0 Å². The zero-order chi connectivity index (χ0) is 18.2. The lowest BCUT2D eigenvalue weighted by molar-refractivity contribution is -0.137. The Balaban J connectivity index is 1.92. The minimum absolute atomic E-state index is 0.140. The first-order valence-electron chi connectivity index (χ1n) is 6.85. The highest BCUT2D eigenvalue weighted by atomic mass is 35.5. The second kappa shape index (κ2) is 6.45. The van der Waals surface area contributed by atoms with Crippen molar-refractivity contribution in [2.45, 2.75) is 6.18 Å². The number of hydrogen-bond acceptors (Lipinski definition) is 4. The first kappa shape index (κ1) is 17.4. The molecule has 1 aromatic heterocycles. The number of halogens is 5. The van der Waals surface area contributed by atoms with E-state index in [2.05, 4.69) is 20.5 Å². The molecular weight excluding hydrogens is 378 g/mol. The number of benzene rings is 2. The Hall–Kier alpha value is -2.45. The maximum absolute atomic E-state index is 12.7. The predicted molar refractivity (Wildman–Crippen MR) is 91.0 cm³/mol. The van der Waals surface area contributed by atoms with Crippen LogP contribution < -0.4 is 11.1 Å². The van der Waals surface area contributed by atoms with Crippen molar-refractivity contribution in [2.24, 2.45) is 0 Å². The fourth-order valence-corrected chi connectivity index (χ4v) is 2.91. The van der Waals surface area contributed by atoms with Gasteiger partial charge in [0, 0.05) is 11.3 Å². The van der Waals surface area contributed by atoms with E-state index in [0.29, 0.717) is 16.8 Å². The molecule has 0 atom stereocenters. The van der Waals surface area contributed by atoms with Crippen molar-refractivity contribution < 1.29 is 13.2 Å². The van der Waals surface area contributed by atoms with Crippen LogP contribution in [0.4, 0.5) is 30.8 Å². The summed E-state index contributed by atoms with van der Waals surface area (Å²) in [7, 11) is 0. The first-order valence-corrected chi connectivity index (χ1v) is 7.61. The lowest BCUT2D eigenvalue weighted by Crippen LogP contribution is -2.04. The van der Waals surface area contributed by atoms with E-state index in [1.54, 1.807) is 12.1 Å². The molecule has 0 aliphatic rings. The van der Waals surface area contributed by atoms with Crippen LogP contribution in [0.5, 0.6) is 0 Å². The number of alkyl halides is 3. The van der Waals surface area contributed by atoms with Gasteiger partial charge in [0.25, 0.3) is 0 Å². The van der Waals surface area contributed by atoms with Crippen LogP contribution in [0.2, 0.25) is 10.0 Å². The van der Waals surface area contributed by atoms with Gasteiger partial charge >= 0.3 is 6.18 Å². The number of nitrogens with two attached hydrogens (primary N) is 1. The SMILES string of the molecule is Nc1nc(Nc2cc(Cl)c(-c3ccc(C(F)(F)F)cc3)c(Cl)c2)n[nH]1. The lowest BCUT2D eigenvalue weighted by atomic mass is 10.0. The number of nitrogens with zero attached hydrogens (tertiary/aromatic N) is 2. The molecule has 2 aromatic carbocycles.